The number of aryl methyl sites for hydroxylation is 1. The number of hydrogen-bond donors (Lipinski definition) is 1. The Bertz CT molecular complexity index is 1240. The van der Waals surface area contributed by atoms with Gasteiger partial charge in [0.1, 0.15) is 5.82 Å². The van der Waals surface area contributed by atoms with Crippen molar-refractivity contribution in [2.45, 2.75) is 50.6 Å². The van der Waals surface area contributed by atoms with Crippen LogP contribution >= 0.6 is 11.8 Å². The van der Waals surface area contributed by atoms with Crippen LogP contribution in [-0.2, 0) is 9.47 Å². The molecule has 3 aromatic rings. The quantitative estimate of drug-likeness (QED) is 0.277. The van der Waals surface area contributed by atoms with E-state index in [2.05, 4.69) is 15.2 Å². The van der Waals surface area contributed by atoms with E-state index in [1.807, 2.05) is 24.5 Å². The summed E-state index contributed by atoms with van der Waals surface area (Å²) in [4.78, 5) is 42.1. The second kappa shape index (κ2) is 10.5. The standard InChI is InChI=1S/C25H28N4O5S/c1-14-9-20(21(30)13-35-25-26-22(27-28-25)16-7-5-6-8-16)15(2)29(14)19-11-17(23(31)33-3)10-18(12-19)24(32)34-4/h9-12,16H,5-8,13H2,1-4H3,(H,26,27,28). The molecule has 1 fully saturated rings. The predicted octanol–water partition coefficient (Wildman–Crippen LogP) is 4.42. The number of carbonyl (C=O) groups excluding carboxylic acids is 3. The zero-order chi connectivity index (χ0) is 25.1. The van der Waals surface area contributed by atoms with E-state index in [-0.39, 0.29) is 22.7 Å². The van der Waals surface area contributed by atoms with Gasteiger partial charge in [-0.2, -0.15) is 0 Å². The molecular weight excluding hydrogens is 468 g/mol. The summed E-state index contributed by atoms with van der Waals surface area (Å²) in [6.07, 6.45) is 4.68. The van der Waals surface area contributed by atoms with Crippen molar-refractivity contribution in [2.24, 2.45) is 0 Å². The lowest BCUT2D eigenvalue weighted by Crippen LogP contribution is -2.10. The largest absolute Gasteiger partial charge is 0.465 e. The van der Waals surface area contributed by atoms with Gasteiger partial charge in [-0.25, -0.2) is 14.6 Å². The van der Waals surface area contributed by atoms with Crippen LogP contribution < -0.4 is 0 Å². The van der Waals surface area contributed by atoms with Gasteiger partial charge in [0.05, 0.1) is 31.1 Å². The van der Waals surface area contributed by atoms with Gasteiger partial charge in [0.15, 0.2) is 5.78 Å². The van der Waals surface area contributed by atoms with Gasteiger partial charge in [0.25, 0.3) is 0 Å². The molecule has 0 amide bonds. The molecule has 1 saturated carbocycles. The van der Waals surface area contributed by atoms with Crippen molar-refractivity contribution in [1.82, 2.24) is 19.7 Å². The summed E-state index contributed by atoms with van der Waals surface area (Å²) in [6, 6.07) is 6.48. The number of ether oxygens (including phenoxy) is 2. The highest BCUT2D eigenvalue weighted by Crippen LogP contribution is 2.33. The van der Waals surface area contributed by atoms with E-state index in [0.29, 0.717) is 28.0 Å². The van der Waals surface area contributed by atoms with Crippen molar-refractivity contribution in [3.05, 3.63) is 58.2 Å². The van der Waals surface area contributed by atoms with Crippen molar-refractivity contribution in [3.63, 3.8) is 0 Å². The molecule has 1 aliphatic carbocycles. The van der Waals surface area contributed by atoms with Gasteiger partial charge >= 0.3 is 11.9 Å². The Balaban J connectivity index is 1.57. The summed E-state index contributed by atoms with van der Waals surface area (Å²) in [5, 5.41) is 7.86. The third-order valence-corrected chi connectivity index (χ3v) is 7.15. The minimum Gasteiger partial charge on any atom is -0.465 e. The number of ketones is 1. The molecule has 2 heterocycles. The number of aromatic nitrogens is 4. The fourth-order valence-corrected chi connectivity index (χ4v) is 5.26. The van der Waals surface area contributed by atoms with E-state index in [1.54, 1.807) is 12.1 Å². The number of nitrogens with one attached hydrogen (secondary N) is 1. The minimum atomic E-state index is -0.573. The molecule has 0 spiro atoms. The fraction of sp³-hybridized carbons (Fsp3) is 0.400. The maximum absolute atomic E-state index is 13.1. The Hall–Kier alpha value is -3.40. The van der Waals surface area contributed by atoms with Crippen molar-refractivity contribution in [3.8, 4) is 5.69 Å². The molecule has 0 bridgehead atoms. The number of carbonyl (C=O) groups is 3. The molecule has 9 nitrogen and oxygen atoms in total. The third-order valence-electron chi connectivity index (χ3n) is 6.31. The average molecular weight is 497 g/mol. The topological polar surface area (TPSA) is 116 Å². The number of H-pyrrole nitrogens is 1. The van der Waals surface area contributed by atoms with E-state index in [4.69, 9.17) is 9.47 Å². The molecule has 0 aliphatic heterocycles. The van der Waals surface area contributed by atoms with E-state index in [1.165, 1.54) is 44.9 Å². The van der Waals surface area contributed by atoms with E-state index < -0.39 is 11.9 Å². The summed E-state index contributed by atoms with van der Waals surface area (Å²) in [7, 11) is 2.55. The predicted molar refractivity (Wildman–Crippen MR) is 131 cm³/mol. The van der Waals surface area contributed by atoms with Gasteiger partial charge in [-0.3, -0.25) is 9.89 Å². The second-order valence-corrected chi connectivity index (χ2v) is 9.51. The lowest BCUT2D eigenvalue weighted by Gasteiger charge is -2.13. The van der Waals surface area contributed by atoms with Crippen LogP contribution in [0.3, 0.4) is 0 Å². The number of nitrogens with zero attached hydrogens (tertiary/aromatic N) is 3. The van der Waals surface area contributed by atoms with E-state index in [0.717, 1.165) is 24.4 Å². The monoisotopic (exact) mass is 496 g/mol. The third kappa shape index (κ3) is 5.17. The van der Waals surface area contributed by atoms with Crippen LogP contribution in [0.15, 0.2) is 29.4 Å². The summed E-state index contributed by atoms with van der Waals surface area (Å²) < 4.78 is 11.5. The van der Waals surface area contributed by atoms with Gasteiger partial charge in [-0.15, -0.1) is 5.10 Å². The fourth-order valence-electron chi connectivity index (χ4n) is 4.57. The number of aromatic amines is 1. The van der Waals surface area contributed by atoms with Crippen LogP contribution in [0, 0.1) is 13.8 Å². The van der Waals surface area contributed by atoms with Gasteiger partial charge in [-0.1, -0.05) is 24.6 Å². The number of hydrogen-bond acceptors (Lipinski definition) is 8. The Morgan fingerprint density at radius 3 is 2.26 bits per heavy atom. The highest BCUT2D eigenvalue weighted by Gasteiger charge is 2.23. The van der Waals surface area contributed by atoms with Gasteiger partial charge in [0.2, 0.25) is 5.16 Å². The molecule has 0 radical (unpaired) electrons. The van der Waals surface area contributed by atoms with Crippen LogP contribution in [0.1, 0.15) is 79.9 Å². The van der Waals surface area contributed by atoms with Gasteiger partial charge in [-0.05, 0) is 51.0 Å². The first-order valence-corrected chi connectivity index (χ1v) is 12.4. The molecule has 184 valence electrons. The molecule has 2 aromatic heterocycles. The highest BCUT2D eigenvalue weighted by molar-refractivity contribution is 7.99. The zero-order valence-electron chi connectivity index (χ0n) is 20.2. The van der Waals surface area contributed by atoms with E-state index in [9.17, 15) is 14.4 Å². The molecule has 1 aromatic carbocycles. The Kier molecular flexibility index (Phi) is 7.39. The number of rotatable bonds is 8. The average Bonchev–Trinajstić information content (AvgIpc) is 3.61. The maximum Gasteiger partial charge on any atom is 0.337 e. The number of esters is 2. The van der Waals surface area contributed by atoms with Crippen molar-refractivity contribution >= 4 is 29.5 Å². The summed E-state index contributed by atoms with van der Waals surface area (Å²) in [5.74, 6) is 0.330. The SMILES string of the molecule is COC(=O)c1cc(C(=O)OC)cc(-n2c(C)cc(C(=O)CSc3n[nH]c(C4CCCC4)n3)c2C)c1. The highest BCUT2D eigenvalue weighted by atomic mass is 32.2. The van der Waals surface area contributed by atoms with Gasteiger partial charge < -0.3 is 14.0 Å². The van der Waals surface area contributed by atoms with Crippen molar-refractivity contribution in [2.75, 3.05) is 20.0 Å². The molecule has 1 aliphatic rings. The normalized spacial score (nSPS) is 13.7. The van der Waals surface area contributed by atoms with Crippen LogP contribution in [0.2, 0.25) is 0 Å². The minimum absolute atomic E-state index is 0.0566. The summed E-state index contributed by atoms with van der Waals surface area (Å²) in [5.41, 5.74) is 3.03. The Labute approximate surface area is 207 Å². The zero-order valence-corrected chi connectivity index (χ0v) is 21.0. The number of methoxy groups -OCH3 is 2. The molecule has 10 heteroatoms. The molecule has 0 saturated heterocycles. The maximum atomic E-state index is 13.1. The molecule has 35 heavy (non-hydrogen) atoms. The van der Waals surface area contributed by atoms with Gasteiger partial charge in [0, 0.05) is 28.6 Å². The number of benzene rings is 1. The van der Waals surface area contributed by atoms with E-state index >= 15 is 0 Å². The first-order chi connectivity index (χ1) is 16.8. The van der Waals surface area contributed by atoms with Crippen molar-refractivity contribution in [1.29, 1.82) is 0 Å². The van der Waals surface area contributed by atoms with Crippen LogP contribution in [0.25, 0.3) is 5.69 Å². The van der Waals surface area contributed by atoms with Crippen LogP contribution in [0.4, 0.5) is 0 Å². The Morgan fingerprint density at radius 2 is 1.66 bits per heavy atom. The summed E-state index contributed by atoms with van der Waals surface area (Å²) in [6.45, 7) is 3.70. The first kappa shape index (κ1) is 24.7. The number of Topliss-reactive ketones (excluding diaryl/α,β-unsaturated/α-hetero) is 1. The molecule has 4 rings (SSSR count). The molecule has 0 unspecified atom stereocenters. The first-order valence-electron chi connectivity index (χ1n) is 11.4. The molecule has 0 atom stereocenters. The molecular formula is C25H28N4O5S. The lowest BCUT2D eigenvalue weighted by molar-refractivity contribution is 0.0599. The smallest absolute Gasteiger partial charge is 0.337 e. The lowest BCUT2D eigenvalue weighted by atomic mass is 10.1. The van der Waals surface area contributed by atoms with Crippen molar-refractivity contribution < 1.29 is 23.9 Å². The van der Waals surface area contributed by atoms with Crippen LogP contribution in [-0.4, -0.2) is 57.4 Å². The number of thioether (sulfide) groups is 1. The second-order valence-electron chi connectivity index (χ2n) is 8.57. The summed E-state index contributed by atoms with van der Waals surface area (Å²) >= 11 is 1.31. The molecule has 1 N–H and O–H groups in total. The van der Waals surface area contributed by atoms with Crippen LogP contribution in [0.5, 0.6) is 0 Å². The Morgan fingerprint density at radius 1 is 1.03 bits per heavy atom.